The molecule has 8 heteroatoms. The number of para-hydroxylation sites is 2. The number of carbonyl (C=O) groups is 1. The zero-order chi connectivity index (χ0) is 20.7. The SMILES string of the molecule is COc1ccccc1CCCNC(=O)[C@H](C)N(c1ccccc1F)S(C)(=O)=O. The molecule has 0 aromatic heterocycles. The number of ether oxygens (including phenoxy) is 1. The van der Waals surface area contributed by atoms with Gasteiger partial charge in [-0.25, -0.2) is 12.8 Å². The highest BCUT2D eigenvalue weighted by molar-refractivity contribution is 7.92. The number of amides is 1. The second-order valence-electron chi connectivity index (χ2n) is 6.39. The number of anilines is 1. The number of nitrogens with one attached hydrogen (secondary N) is 1. The van der Waals surface area contributed by atoms with Crippen LogP contribution in [0.1, 0.15) is 18.9 Å². The van der Waals surface area contributed by atoms with Crippen molar-refractivity contribution in [1.82, 2.24) is 5.32 Å². The number of aryl methyl sites for hydroxylation is 1. The lowest BCUT2D eigenvalue weighted by molar-refractivity contribution is -0.121. The topological polar surface area (TPSA) is 75.7 Å². The summed E-state index contributed by atoms with van der Waals surface area (Å²) in [5.41, 5.74) is 0.873. The molecule has 0 unspecified atom stereocenters. The Kier molecular flexibility index (Phi) is 7.39. The first-order chi connectivity index (χ1) is 13.3. The molecular weight excluding hydrogens is 383 g/mol. The van der Waals surface area contributed by atoms with E-state index in [0.717, 1.165) is 27.9 Å². The summed E-state index contributed by atoms with van der Waals surface area (Å²) < 4.78 is 44.6. The van der Waals surface area contributed by atoms with Gasteiger partial charge in [0.05, 0.1) is 19.1 Å². The van der Waals surface area contributed by atoms with Gasteiger partial charge in [-0.15, -0.1) is 0 Å². The summed E-state index contributed by atoms with van der Waals surface area (Å²) in [6, 6.07) is 12.0. The van der Waals surface area contributed by atoms with Crippen LogP contribution in [0.5, 0.6) is 5.75 Å². The number of hydrogen-bond donors (Lipinski definition) is 1. The molecule has 0 spiro atoms. The van der Waals surface area contributed by atoms with Crippen LogP contribution >= 0.6 is 0 Å². The van der Waals surface area contributed by atoms with Crippen LogP contribution in [0.15, 0.2) is 48.5 Å². The van der Waals surface area contributed by atoms with Crippen molar-refractivity contribution in [2.75, 3.05) is 24.2 Å². The van der Waals surface area contributed by atoms with Gasteiger partial charge in [0, 0.05) is 6.54 Å². The molecule has 6 nitrogen and oxygen atoms in total. The van der Waals surface area contributed by atoms with E-state index in [9.17, 15) is 17.6 Å². The zero-order valence-corrected chi connectivity index (χ0v) is 17.0. The Balaban J connectivity index is 2.01. The van der Waals surface area contributed by atoms with Crippen molar-refractivity contribution in [2.24, 2.45) is 0 Å². The van der Waals surface area contributed by atoms with Gasteiger partial charge < -0.3 is 10.1 Å². The molecule has 28 heavy (non-hydrogen) atoms. The fraction of sp³-hybridized carbons (Fsp3) is 0.350. The number of halogens is 1. The number of hydrogen-bond acceptors (Lipinski definition) is 4. The van der Waals surface area contributed by atoms with E-state index in [1.807, 2.05) is 24.3 Å². The average molecular weight is 408 g/mol. The van der Waals surface area contributed by atoms with Crippen LogP contribution in [-0.4, -0.2) is 40.3 Å². The van der Waals surface area contributed by atoms with Crippen LogP contribution in [0.25, 0.3) is 0 Å². The molecule has 152 valence electrons. The minimum Gasteiger partial charge on any atom is -0.496 e. The van der Waals surface area contributed by atoms with Crippen molar-refractivity contribution < 1.29 is 22.3 Å². The number of sulfonamides is 1. The third kappa shape index (κ3) is 5.45. The minimum absolute atomic E-state index is 0.151. The molecule has 0 aliphatic carbocycles. The largest absolute Gasteiger partial charge is 0.496 e. The highest BCUT2D eigenvalue weighted by Gasteiger charge is 2.30. The zero-order valence-electron chi connectivity index (χ0n) is 16.2. The number of methoxy groups -OCH3 is 1. The maximum Gasteiger partial charge on any atom is 0.243 e. The highest BCUT2D eigenvalue weighted by Crippen LogP contribution is 2.24. The molecule has 2 aromatic carbocycles. The molecule has 0 saturated carbocycles. The van der Waals surface area contributed by atoms with Crippen molar-refractivity contribution in [3.8, 4) is 5.75 Å². The van der Waals surface area contributed by atoms with Crippen LogP contribution in [0.4, 0.5) is 10.1 Å². The van der Waals surface area contributed by atoms with Gasteiger partial charge in [0.25, 0.3) is 0 Å². The van der Waals surface area contributed by atoms with Crippen molar-refractivity contribution >= 4 is 21.6 Å². The lowest BCUT2D eigenvalue weighted by Gasteiger charge is -2.28. The van der Waals surface area contributed by atoms with Gasteiger partial charge in [-0.2, -0.15) is 0 Å². The molecule has 2 aromatic rings. The minimum atomic E-state index is -3.85. The van der Waals surface area contributed by atoms with E-state index in [4.69, 9.17) is 4.74 Å². The molecule has 1 N–H and O–H groups in total. The lowest BCUT2D eigenvalue weighted by Crippen LogP contribution is -2.48. The van der Waals surface area contributed by atoms with Crippen molar-refractivity contribution in [3.63, 3.8) is 0 Å². The van der Waals surface area contributed by atoms with E-state index < -0.39 is 27.8 Å². The Labute approximate surface area is 165 Å². The molecule has 0 radical (unpaired) electrons. The van der Waals surface area contributed by atoms with Crippen LogP contribution in [0.2, 0.25) is 0 Å². The highest BCUT2D eigenvalue weighted by atomic mass is 32.2. The van der Waals surface area contributed by atoms with E-state index in [1.54, 1.807) is 7.11 Å². The van der Waals surface area contributed by atoms with Gasteiger partial charge >= 0.3 is 0 Å². The fourth-order valence-electron chi connectivity index (χ4n) is 2.96. The van der Waals surface area contributed by atoms with Crippen molar-refractivity contribution in [2.45, 2.75) is 25.8 Å². The van der Waals surface area contributed by atoms with E-state index in [-0.39, 0.29) is 5.69 Å². The van der Waals surface area contributed by atoms with Gasteiger partial charge in [0.1, 0.15) is 17.6 Å². The molecule has 0 saturated heterocycles. The van der Waals surface area contributed by atoms with Crippen LogP contribution < -0.4 is 14.4 Å². The van der Waals surface area contributed by atoms with Gasteiger partial charge in [-0.3, -0.25) is 9.10 Å². The summed E-state index contributed by atoms with van der Waals surface area (Å²) in [4.78, 5) is 12.5. The van der Waals surface area contributed by atoms with Crippen molar-refractivity contribution in [3.05, 3.63) is 59.9 Å². The summed E-state index contributed by atoms with van der Waals surface area (Å²) in [5.74, 6) is -0.414. The third-order valence-electron chi connectivity index (χ3n) is 4.29. The summed E-state index contributed by atoms with van der Waals surface area (Å²) in [7, 11) is -2.25. The monoisotopic (exact) mass is 408 g/mol. The first-order valence-corrected chi connectivity index (χ1v) is 10.7. The van der Waals surface area contributed by atoms with Crippen LogP contribution in [0, 0.1) is 5.82 Å². The van der Waals surface area contributed by atoms with Gasteiger partial charge in [0.15, 0.2) is 0 Å². The number of rotatable bonds is 9. The van der Waals surface area contributed by atoms with Crippen LogP contribution in [-0.2, 0) is 21.2 Å². The Morgan fingerprint density at radius 3 is 2.46 bits per heavy atom. The van der Waals surface area contributed by atoms with E-state index in [1.165, 1.54) is 25.1 Å². The first-order valence-electron chi connectivity index (χ1n) is 8.89. The second-order valence-corrected chi connectivity index (χ2v) is 8.25. The molecule has 0 aliphatic heterocycles. The summed E-state index contributed by atoms with van der Waals surface area (Å²) in [6.07, 6.45) is 2.30. The summed E-state index contributed by atoms with van der Waals surface area (Å²) in [6.45, 7) is 1.79. The summed E-state index contributed by atoms with van der Waals surface area (Å²) >= 11 is 0. The van der Waals surface area contributed by atoms with E-state index in [2.05, 4.69) is 5.32 Å². The molecule has 0 bridgehead atoms. The molecule has 1 amide bonds. The van der Waals surface area contributed by atoms with Crippen molar-refractivity contribution in [1.29, 1.82) is 0 Å². The van der Waals surface area contributed by atoms with E-state index >= 15 is 0 Å². The lowest BCUT2D eigenvalue weighted by atomic mass is 10.1. The van der Waals surface area contributed by atoms with Gasteiger partial charge in [0.2, 0.25) is 15.9 Å². The van der Waals surface area contributed by atoms with Crippen LogP contribution in [0.3, 0.4) is 0 Å². The van der Waals surface area contributed by atoms with Gasteiger partial charge in [-0.1, -0.05) is 30.3 Å². The van der Waals surface area contributed by atoms with E-state index in [0.29, 0.717) is 19.4 Å². The number of benzene rings is 2. The predicted molar refractivity (Wildman–Crippen MR) is 108 cm³/mol. The quantitative estimate of drug-likeness (QED) is 0.648. The molecular formula is C20H25FN2O4S. The molecule has 1 atom stereocenters. The summed E-state index contributed by atoms with van der Waals surface area (Å²) in [5, 5.41) is 2.72. The molecule has 0 aliphatic rings. The second kappa shape index (κ2) is 9.54. The fourth-order valence-corrected chi connectivity index (χ4v) is 4.13. The molecule has 2 rings (SSSR count). The normalized spacial score (nSPS) is 12.3. The third-order valence-corrected chi connectivity index (χ3v) is 5.52. The Morgan fingerprint density at radius 2 is 1.82 bits per heavy atom. The first kappa shape index (κ1) is 21.7. The number of nitrogens with zero attached hydrogens (tertiary/aromatic N) is 1. The maximum atomic E-state index is 14.1. The average Bonchev–Trinajstić information content (AvgIpc) is 2.66. The Hall–Kier alpha value is -2.61. The molecule has 0 fully saturated rings. The number of carbonyl (C=O) groups excluding carboxylic acids is 1. The maximum absolute atomic E-state index is 14.1. The Bertz CT molecular complexity index is 918. The standard InChI is InChI=1S/C20H25FN2O4S/c1-15(23(28(3,25)26)18-12-6-5-11-17(18)21)20(24)22-14-8-10-16-9-4-7-13-19(16)27-2/h4-7,9,11-13,15H,8,10,14H2,1-3H3,(H,22,24)/t15-/m0/s1. The predicted octanol–water partition coefficient (Wildman–Crippen LogP) is 2.74. The smallest absolute Gasteiger partial charge is 0.243 e. The van der Waals surface area contributed by atoms with Gasteiger partial charge in [-0.05, 0) is 43.5 Å². The Morgan fingerprint density at radius 1 is 1.18 bits per heavy atom. The molecule has 0 heterocycles.